The molecule has 0 bridgehead atoms. The smallest absolute Gasteiger partial charge is 0.143 e. The molecule has 4 rings (SSSR count). The highest BCUT2D eigenvalue weighted by Gasteiger charge is 2.11. The normalized spacial score (nSPS) is 11.1. The van der Waals surface area contributed by atoms with Crippen molar-refractivity contribution in [1.82, 2.24) is 0 Å². The number of hydrogen-bond donors (Lipinski definition) is 0. The quantitative estimate of drug-likeness (QED) is 0.422. The van der Waals surface area contributed by atoms with E-state index < -0.39 is 0 Å². The lowest BCUT2D eigenvalue weighted by Gasteiger charge is -2.05. The molecule has 1 heterocycles. The Hall–Kier alpha value is -2.80. The number of furan rings is 1. The van der Waals surface area contributed by atoms with Crippen LogP contribution in [0.25, 0.3) is 38.6 Å². The maximum absolute atomic E-state index is 6.10. The Morgan fingerprint density at radius 2 is 1.55 bits per heavy atom. The van der Waals surface area contributed by atoms with Gasteiger partial charge in [0.2, 0.25) is 0 Å². The van der Waals surface area contributed by atoms with Crippen molar-refractivity contribution < 1.29 is 4.42 Å². The van der Waals surface area contributed by atoms with Gasteiger partial charge in [0.25, 0.3) is 0 Å². The van der Waals surface area contributed by atoms with Gasteiger partial charge in [0.05, 0.1) is 0 Å². The van der Waals surface area contributed by atoms with Crippen molar-refractivity contribution in [3.63, 3.8) is 0 Å². The van der Waals surface area contributed by atoms with Crippen molar-refractivity contribution in [2.75, 3.05) is 0 Å². The fourth-order valence-corrected chi connectivity index (χ4v) is 2.91. The summed E-state index contributed by atoms with van der Waals surface area (Å²) in [6.07, 6.45) is 0. The Morgan fingerprint density at radius 3 is 2.32 bits per heavy atom. The van der Waals surface area contributed by atoms with Crippen LogP contribution >= 0.6 is 0 Å². The standard InChI is InChI=1S/C21H16O/c1-14(2)15-10-12-16(13-11-15)17-7-5-8-19-18-6-3-4-9-20(18)22-21(17)19/h3-13H,1H2,2H3. The van der Waals surface area contributed by atoms with E-state index in [4.69, 9.17) is 4.42 Å². The summed E-state index contributed by atoms with van der Waals surface area (Å²) in [6, 6.07) is 23.0. The summed E-state index contributed by atoms with van der Waals surface area (Å²) in [5.41, 5.74) is 6.42. The number of fused-ring (bicyclic) bond motifs is 3. The molecule has 0 atom stereocenters. The van der Waals surface area contributed by atoms with E-state index in [-0.39, 0.29) is 0 Å². The minimum Gasteiger partial charge on any atom is -0.455 e. The highest BCUT2D eigenvalue weighted by atomic mass is 16.3. The minimum absolute atomic E-state index is 0.934. The molecule has 22 heavy (non-hydrogen) atoms. The zero-order valence-corrected chi connectivity index (χ0v) is 12.5. The van der Waals surface area contributed by atoms with Gasteiger partial charge in [-0.05, 0) is 24.1 Å². The minimum atomic E-state index is 0.934. The number of benzene rings is 3. The van der Waals surface area contributed by atoms with E-state index in [0.29, 0.717) is 0 Å². The van der Waals surface area contributed by atoms with Gasteiger partial charge in [-0.15, -0.1) is 0 Å². The average molecular weight is 284 g/mol. The highest BCUT2D eigenvalue weighted by Crippen LogP contribution is 2.35. The molecular formula is C21H16O. The summed E-state index contributed by atoms with van der Waals surface area (Å²) >= 11 is 0. The molecule has 1 nitrogen and oxygen atoms in total. The van der Waals surface area contributed by atoms with Crippen LogP contribution in [0.1, 0.15) is 12.5 Å². The van der Waals surface area contributed by atoms with E-state index in [1.165, 1.54) is 5.56 Å². The molecule has 0 aliphatic carbocycles. The van der Waals surface area contributed by atoms with Crippen LogP contribution in [-0.4, -0.2) is 0 Å². The molecule has 0 N–H and O–H groups in total. The lowest BCUT2D eigenvalue weighted by molar-refractivity contribution is 0.670. The van der Waals surface area contributed by atoms with Crippen LogP contribution in [0.3, 0.4) is 0 Å². The van der Waals surface area contributed by atoms with Gasteiger partial charge < -0.3 is 4.42 Å². The molecule has 3 aromatic carbocycles. The fraction of sp³-hybridized carbons (Fsp3) is 0.0476. The summed E-state index contributed by atoms with van der Waals surface area (Å²) in [5, 5.41) is 2.33. The van der Waals surface area contributed by atoms with Gasteiger partial charge in [0.1, 0.15) is 11.2 Å². The Balaban J connectivity index is 1.96. The van der Waals surface area contributed by atoms with Crippen LogP contribution < -0.4 is 0 Å². The first-order valence-corrected chi connectivity index (χ1v) is 7.40. The first-order chi connectivity index (χ1) is 10.7. The molecule has 0 radical (unpaired) electrons. The van der Waals surface area contributed by atoms with E-state index in [1.54, 1.807) is 0 Å². The largest absolute Gasteiger partial charge is 0.455 e. The number of allylic oxidation sites excluding steroid dienone is 1. The zero-order valence-electron chi connectivity index (χ0n) is 12.5. The maximum atomic E-state index is 6.10. The molecule has 1 heteroatoms. The maximum Gasteiger partial charge on any atom is 0.143 e. The van der Waals surface area contributed by atoms with E-state index in [2.05, 4.69) is 55.1 Å². The number of hydrogen-bond acceptors (Lipinski definition) is 1. The Bertz CT molecular complexity index is 987. The van der Waals surface area contributed by atoms with Gasteiger partial charge >= 0.3 is 0 Å². The van der Waals surface area contributed by atoms with Crippen molar-refractivity contribution in [2.45, 2.75) is 6.92 Å². The van der Waals surface area contributed by atoms with Gasteiger partial charge in [0.15, 0.2) is 0 Å². The van der Waals surface area contributed by atoms with Crippen molar-refractivity contribution in [3.8, 4) is 11.1 Å². The molecule has 0 saturated carbocycles. The molecule has 0 unspecified atom stereocenters. The third kappa shape index (κ3) is 1.94. The lowest BCUT2D eigenvalue weighted by atomic mass is 10.00. The Morgan fingerprint density at radius 1 is 0.818 bits per heavy atom. The molecule has 106 valence electrons. The molecule has 0 fully saturated rings. The summed E-state index contributed by atoms with van der Waals surface area (Å²) in [4.78, 5) is 0. The van der Waals surface area contributed by atoms with Gasteiger partial charge in [-0.1, -0.05) is 72.8 Å². The van der Waals surface area contributed by atoms with Crippen LogP contribution in [0.5, 0.6) is 0 Å². The van der Waals surface area contributed by atoms with Gasteiger partial charge in [-0.2, -0.15) is 0 Å². The topological polar surface area (TPSA) is 13.1 Å². The second-order valence-corrected chi connectivity index (χ2v) is 5.64. The summed E-state index contributed by atoms with van der Waals surface area (Å²) < 4.78 is 6.10. The van der Waals surface area contributed by atoms with Gasteiger partial charge in [-0.3, -0.25) is 0 Å². The first kappa shape index (κ1) is 12.9. The molecule has 1 aromatic heterocycles. The molecule has 0 aliphatic heterocycles. The van der Waals surface area contributed by atoms with E-state index in [9.17, 15) is 0 Å². The zero-order chi connectivity index (χ0) is 15.1. The Kier molecular flexibility index (Phi) is 2.87. The summed E-state index contributed by atoms with van der Waals surface area (Å²) in [5.74, 6) is 0. The molecule has 0 spiro atoms. The second kappa shape index (κ2) is 4.88. The highest BCUT2D eigenvalue weighted by molar-refractivity contribution is 6.09. The second-order valence-electron chi connectivity index (χ2n) is 5.64. The third-order valence-electron chi connectivity index (χ3n) is 4.09. The van der Waals surface area contributed by atoms with Crippen LogP contribution in [0, 0.1) is 0 Å². The first-order valence-electron chi connectivity index (χ1n) is 7.40. The van der Waals surface area contributed by atoms with Crippen LogP contribution in [0.15, 0.2) is 77.7 Å². The number of rotatable bonds is 2. The van der Waals surface area contributed by atoms with E-state index in [1.807, 2.05) is 25.1 Å². The van der Waals surface area contributed by atoms with Crippen molar-refractivity contribution in [1.29, 1.82) is 0 Å². The molecule has 0 aliphatic rings. The van der Waals surface area contributed by atoms with Crippen molar-refractivity contribution in [3.05, 3.63) is 78.9 Å². The van der Waals surface area contributed by atoms with Crippen LogP contribution in [0.4, 0.5) is 0 Å². The Labute approximate surface area is 129 Å². The predicted molar refractivity (Wildman–Crippen MR) is 93.9 cm³/mol. The number of para-hydroxylation sites is 2. The monoisotopic (exact) mass is 284 g/mol. The average Bonchev–Trinajstić information content (AvgIpc) is 2.93. The predicted octanol–water partition coefficient (Wildman–Crippen LogP) is 6.29. The lowest BCUT2D eigenvalue weighted by Crippen LogP contribution is -1.81. The molecule has 4 aromatic rings. The van der Waals surface area contributed by atoms with Crippen molar-refractivity contribution >= 4 is 27.5 Å². The molecule has 0 amide bonds. The molecular weight excluding hydrogens is 268 g/mol. The SMILES string of the molecule is C=C(C)c1ccc(-c2cccc3c2oc2ccccc23)cc1. The van der Waals surface area contributed by atoms with E-state index >= 15 is 0 Å². The summed E-state index contributed by atoms with van der Waals surface area (Å²) in [7, 11) is 0. The van der Waals surface area contributed by atoms with E-state index in [0.717, 1.165) is 38.6 Å². The fourth-order valence-electron chi connectivity index (χ4n) is 2.91. The van der Waals surface area contributed by atoms with Crippen molar-refractivity contribution in [2.24, 2.45) is 0 Å². The van der Waals surface area contributed by atoms with Crippen LogP contribution in [-0.2, 0) is 0 Å². The van der Waals surface area contributed by atoms with Gasteiger partial charge in [-0.25, -0.2) is 0 Å². The van der Waals surface area contributed by atoms with Crippen LogP contribution in [0.2, 0.25) is 0 Å². The summed E-state index contributed by atoms with van der Waals surface area (Å²) in [6.45, 7) is 6.01. The molecule has 0 saturated heterocycles. The third-order valence-corrected chi connectivity index (χ3v) is 4.09. The van der Waals surface area contributed by atoms with Gasteiger partial charge in [0, 0.05) is 16.3 Å².